The number of anilines is 1. The minimum Gasteiger partial charge on any atom is -0.390 e. The minimum absolute atomic E-state index is 0.0689. The van der Waals surface area contributed by atoms with Gasteiger partial charge in [-0.25, -0.2) is 0 Å². The van der Waals surface area contributed by atoms with Gasteiger partial charge in [0.15, 0.2) is 0 Å². The maximum Gasteiger partial charge on any atom is 0.292 e. The maximum atomic E-state index is 11.0. The van der Waals surface area contributed by atoms with Gasteiger partial charge in [-0.1, -0.05) is 6.07 Å². The van der Waals surface area contributed by atoms with Crippen molar-refractivity contribution >= 4 is 11.4 Å². The Morgan fingerprint density at radius 2 is 2.14 bits per heavy atom. The molecule has 1 saturated heterocycles. The van der Waals surface area contributed by atoms with Crippen molar-refractivity contribution in [1.82, 2.24) is 10.2 Å². The van der Waals surface area contributed by atoms with Gasteiger partial charge in [0.1, 0.15) is 5.69 Å². The molecular weight excluding hydrogens is 284 g/mol. The number of benzene rings is 1. The number of nitro benzene ring substituents is 1. The van der Waals surface area contributed by atoms with E-state index in [4.69, 9.17) is 0 Å². The lowest BCUT2D eigenvalue weighted by Crippen LogP contribution is -2.36. The van der Waals surface area contributed by atoms with Crippen molar-refractivity contribution in [2.45, 2.75) is 25.5 Å². The smallest absolute Gasteiger partial charge is 0.292 e. The van der Waals surface area contributed by atoms with E-state index in [0.717, 1.165) is 18.7 Å². The van der Waals surface area contributed by atoms with Crippen LogP contribution in [0.2, 0.25) is 0 Å². The molecule has 1 aromatic carbocycles. The zero-order valence-electron chi connectivity index (χ0n) is 12.9. The first kappa shape index (κ1) is 16.7. The molecule has 1 aliphatic heterocycles. The first-order valence-corrected chi connectivity index (χ1v) is 7.66. The Morgan fingerprint density at radius 1 is 1.41 bits per heavy atom. The van der Waals surface area contributed by atoms with Crippen LogP contribution in [0.3, 0.4) is 0 Å². The Labute approximate surface area is 130 Å². The third kappa shape index (κ3) is 4.66. The maximum absolute atomic E-state index is 11.0. The Balaban J connectivity index is 1.81. The van der Waals surface area contributed by atoms with E-state index in [2.05, 4.69) is 15.5 Å². The number of hydrogen-bond donors (Lipinski definition) is 3. The van der Waals surface area contributed by atoms with Crippen LogP contribution in [0.15, 0.2) is 18.2 Å². The SMILES string of the molecule is CNc1ccc(CNCC(O)CN2CCCC2)cc1[N+](=O)[O-]. The van der Waals surface area contributed by atoms with Crippen LogP contribution < -0.4 is 10.6 Å². The summed E-state index contributed by atoms with van der Waals surface area (Å²) in [5.74, 6) is 0. The van der Waals surface area contributed by atoms with Crippen molar-refractivity contribution in [3.05, 3.63) is 33.9 Å². The number of likely N-dealkylation sites (tertiary alicyclic amines) is 1. The monoisotopic (exact) mass is 308 g/mol. The fraction of sp³-hybridized carbons (Fsp3) is 0.600. The number of nitrogens with one attached hydrogen (secondary N) is 2. The Hall–Kier alpha value is -1.70. The predicted octanol–water partition coefficient (Wildman–Crippen LogP) is 1.18. The normalized spacial score (nSPS) is 16.6. The fourth-order valence-corrected chi connectivity index (χ4v) is 2.76. The number of aliphatic hydroxyl groups excluding tert-OH is 1. The summed E-state index contributed by atoms with van der Waals surface area (Å²) in [6, 6.07) is 5.11. The number of rotatable bonds is 8. The summed E-state index contributed by atoms with van der Waals surface area (Å²) in [6.45, 7) is 3.80. The molecule has 2 rings (SSSR count). The standard InChI is InChI=1S/C15H24N4O3/c1-16-14-5-4-12(8-15(14)19(21)22)9-17-10-13(20)11-18-6-2-3-7-18/h4-5,8,13,16-17,20H,2-3,6-7,9-11H2,1H3. The van der Waals surface area contributed by atoms with Crippen LogP contribution in [0.1, 0.15) is 18.4 Å². The highest BCUT2D eigenvalue weighted by atomic mass is 16.6. The van der Waals surface area contributed by atoms with Crippen molar-refractivity contribution < 1.29 is 10.0 Å². The number of β-amino-alcohol motifs (C(OH)–C–C–N with tert-alkyl or cyclic N) is 1. The first-order chi connectivity index (χ1) is 10.6. The van der Waals surface area contributed by atoms with Crippen LogP contribution in [0, 0.1) is 10.1 Å². The molecule has 0 saturated carbocycles. The molecule has 1 fully saturated rings. The van der Waals surface area contributed by atoms with Gasteiger partial charge < -0.3 is 20.6 Å². The molecule has 0 aromatic heterocycles. The van der Waals surface area contributed by atoms with E-state index in [0.29, 0.717) is 25.3 Å². The molecule has 7 nitrogen and oxygen atoms in total. The molecule has 0 spiro atoms. The quantitative estimate of drug-likeness (QED) is 0.493. The first-order valence-electron chi connectivity index (χ1n) is 7.66. The Kier molecular flexibility index (Phi) is 6.11. The lowest BCUT2D eigenvalue weighted by Gasteiger charge is -2.19. The second kappa shape index (κ2) is 8.07. The zero-order chi connectivity index (χ0) is 15.9. The van der Waals surface area contributed by atoms with Crippen molar-refractivity contribution in [2.24, 2.45) is 0 Å². The van der Waals surface area contributed by atoms with Gasteiger partial charge in [-0.15, -0.1) is 0 Å². The molecule has 1 aromatic rings. The van der Waals surface area contributed by atoms with E-state index in [1.54, 1.807) is 19.2 Å². The molecule has 1 atom stereocenters. The second-order valence-corrected chi connectivity index (χ2v) is 5.65. The van der Waals surface area contributed by atoms with Gasteiger partial charge in [0.05, 0.1) is 11.0 Å². The molecule has 0 amide bonds. The number of nitro groups is 1. The number of hydrogen-bond acceptors (Lipinski definition) is 6. The van der Waals surface area contributed by atoms with Crippen molar-refractivity contribution in [3.63, 3.8) is 0 Å². The second-order valence-electron chi connectivity index (χ2n) is 5.65. The molecular formula is C15H24N4O3. The summed E-state index contributed by atoms with van der Waals surface area (Å²) in [6.07, 6.45) is 2.01. The van der Waals surface area contributed by atoms with Gasteiger partial charge in [0, 0.05) is 32.7 Å². The fourth-order valence-electron chi connectivity index (χ4n) is 2.76. The molecule has 0 aliphatic carbocycles. The third-order valence-corrected chi connectivity index (χ3v) is 3.90. The minimum atomic E-state index is -0.412. The molecule has 22 heavy (non-hydrogen) atoms. The van der Waals surface area contributed by atoms with Crippen LogP contribution in [0.5, 0.6) is 0 Å². The topological polar surface area (TPSA) is 90.7 Å². The summed E-state index contributed by atoms with van der Waals surface area (Å²) in [7, 11) is 1.66. The molecule has 3 N–H and O–H groups in total. The van der Waals surface area contributed by atoms with Crippen LogP contribution in [-0.4, -0.2) is 54.3 Å². The van der Waals surface area contributed by atoms with E-state index in [9.17, 15) is 15.2 Å². The van der Waals surface area contributed by atoms with E-state index >= 15 is 0 Å². The third-order valence-electron chi connectivity index (χ3n) is 3.90. The van der Waals surface area contributed by atoms with Crippen molar-refractivity contribution in [3.8, 4) is 0 Å². The van der Waals surface area contributed by atoms with Crippen LogP contribution >= 0.6 is 0 Å². The lowest BCUT2D eigenvalue weighted by atomic mass is 10.1. The zero-order valence-corrected chi connectivity index (χ0v) is 12.9. The van der Waals surface area contributed by atoms with Gasteiger partial charge in [-0.05, 0) is 37.6 Å². The number of nitrogens with zero attached hydrogens (tertiary/aromatic N) is 2. The lowest BCUT2D eigenvalue weighted by molar-refractivity contribution is -0.384. The highest BCUT2D eigenvalue weighted by Gasteiger charge is 2.16. The highest BCUT2D eigenvalue weighted by Crippen LogP contribution is 2.24. The van der Waals surface area contributed by atoms with Gasteiger partial charge in [-0.2, -0.15) is 0 Å². The van der Waals surface area contributed by atoms with Gasteiger partial charge in [-0.3, -0.25) is 10.1 Å². The predicted molar refractivity (Wildman–Crippen MR) is 86.0 cm³/mol. The molecule has 1 aliphatic rings. The van der Waals surface area contributed by atoms with E-state index in [1.165, 1.54) is 12.8 Å². The Bertz CT molecular complexity index is 504. The summed E-state index contributed by atoms with van der Waals surface area (Å²) >= 11 is 0. The molecule has 0 radical (unpaired) electrons. The molecule has 1 heterocycles. The molecule has 0 bridgehead atoms. The summed E-state index contributed by atoms with van der Waals surface area (Å²) in [5, 5.41) is 27.0. The van der Waals surface area contributed by atoms with Crippen molar-refractivity contribution in [2.75, 3.05) is 38.5 Å². The molecule has 122 valence electrons. The van der Waals surface area contributed by atoms with Gasteiger partial charge in [0.25, 0.3) is 5.69 Å². The van der Waals surface area contributed by atoms with Gasteiger partial charge >= 0.3 is 0 Å². The van der Waals surface area contributed by atoms with Crippen molar-refractivity contribution in [1.29, 1.82) is 0 Å². The van der Waals surface area contributed by atoms with Crippen LogP contribution in [0.25, 0.3) is 0 Å². The van der Waals surface area contributed by atoms with Crippen LogP contribution in [0.4, 0.5) is 11.4 Å². The van der Waals surface area contributed by atoms with E-state index < -0.39 is 11.0 Å². The number of aliphatic hydroxyl groups is 1. The largest absolute Gasteiger partial charge is 0.390 e. The average molecular weight is 308 g/mol. The summed E-state index contributed by atoms with van der Waals surface area (Å²) in [4.78, 5) is 12.9. The molecule has 1 unspecified atom stereocenters. The average Bonchev–Trinajstić information content (AvgIpc) is 2.99. The Morgan fingerprint density at radius 3 is 2.77 bits per heavy atom. The summed E-state index contributed by atoms with van der Waals surface area (Å²) < 4.78 is 0. The summed E-state index contributed by atoms with van der Waals surface area (Å²) in [5.41, 5.74) is 1.40. The molecule has 7 heteroatoms. The highest BCUT2D eigenvalue weighted by molar-refractivity contribution is 5.62. The van der Waals surface area contributed by atoms with Crippen LogP contribution in [-0.2, 0) is 6.54 Å². The van der Waals surface area contributed by atoms with E-state index in [-0.39, 0.29) is 5.69 Å². The van der Waals surface area contributed by atoms with E-state index in [1.807, 2.05) is 6.07 Å². The van der Waals surface area contributed by atoms with Gasteiger partial charge in [0.2, 0.25) is 0 Å².